The van der Waals surface area contributed by atoms with Crippen molar-refractivity contribution in [1.29, 1.82) is 0 Å². The van der Waals surface area contributed by atoms with Gasteiger partial charge in [-0.2, -0.15) is 0 Å². The third-order valence-corrected chi connectivity index (χ3v) is 3.09. The number of rotatable bonds is 6. The van der Waals surface area contributed by atoms with Crippen LogP contribution in [0.25, 0.3) is 0 Å². The van der Waals surface area contributed by atoms with Gasteiger partial charge in [-0.05, 0) is 38.5 Å². The van der Waals surface area contributed by atoms with Gasteiger partial charge in [0.25, 0.3) is 5.91 Å². The first kappa shape index (κ1) is 16.5. The Kier molecular flexibility index (Phi) is 5.57. The summed E-state index contributed by atoms with van der Waals surface area (Å²) in [6.45, 7) is 8.12. The number of carbonyl (C=O) groups is 1. The zero-order valence-electron chi connectivity index (χ0n) is 13.7. The Hall–Kier alpha value is -1.55. The Morgan fingerprint density at radius 3 is 2.25 bits per heavy atom. The minimum Gasteiger partial charge on any atom is -0.323 e. The molecule has 1 aromatic rings. The molecule has 0 unspecified atom stereocenters. The number of amides is 1. The molecule has 20 heavy (non-hydrogen) atoms. The molecule has 1 aromatic carbocycles. The van der Waals surface area contributed by atoms with Gasteiger partial charge in [-0.3, -0.25) is 9.80 Å². The Balaban J connectivity index is 2.98. The number of benzene rings is 1. The van der Waals surface area contributed by atoms with E-state index in [1.165, 1.54) is 5.56 Å². The summed E-state index contributed by atoms with van der Waals surface area (Å²) >= 11 is 0. The maximum Gasteiger partial charge on any atom is 0.296 e. The van der Waals surface area contributed by atoms with Gasteiger partial charge in [-0.15, -0.1) is 0 Å². The standard InChI is InChI=1S/C16H28N3O/c1-7-17(15-11-9-10-14(3)12-15)18(8-2)16(20)13-19(4,5)6/h9-12H,7-8,13H2,1-6H3/q+1. The average molecular weight is 278 g/mol. The summed E-state index contributed by atoms with van der Waals surface area (Å²) in [6.07, 6.45) is 0. The minimum atomic E-state index is 0.156. The molecular weight excluding hydrogens is 250 g/mol. The Bertz CT molecular complexity index is 451. The van der Waals surface area contributed by atoms with Gasteiger partial charge >= 0.3 is 0 Å². The smallest absolute Gasteiger partial charge is 0.296 e. The Morgan fingerprint density at radius 1 is 1.15 bits per heavy atom. The number of nitrogens with zero attached hydrogens (tertiary/aromatic N) is 3. The third kappa shape index (κ3) is 4.53. The van der Waals surface area contributed by atoms with E-state index in [4.69, 9.17) is 0 Å². The van der Waals surface area contributed by atoms with Crippen LogP contribution in [0.3, 0.4) is 0 Å². The lowest BCUT2D eigenvalue weighted by atomic mass is 10.2. The van der Waals surface area contributed by atoms with Crippen LogP contribution < -0.4 is 5.01 Å². The maximum atomic E-state index is 12.5. The van der Waals surface area contributed by atoms with Crippen LogP contribution in [0.15, 0.2) is 24.3 Å². The van der Waals surface area contributed by atoms with Crippen LogP contribution in [0.5, 0.6) is 0 Å². The lowest BCUT2D eigenvalue weighted by Gasteiger charge is -2.37. The first-order valence-corrected chi connectivity index (χ1v) is 7.23. The van der Waals surface area contributed by atoms with Crippen molar-refractivity contribution in [3.05, 3.63) is 29.8 Å². The summed E-state index contributed by atoms with van der Waals surface area (Å²) in [6, 6.07) is 8.27. The van der Waals surface area contributed by atoms with Crippen LogP contribution in [0.4, 0.5) is 5.69 Å². The Morgan fingerprint density at radius 2 is 1.80 bits per heavy atom. The van der Waals surface area contributed by atoms with Crippen LogP contribution in [-0.4, -0.2) is 56.2 Å². The highest BCUT2D eigenvalue weighted by Crippen LogP contribution is 2.18. The molecule has 0 atom stereocenters. The van der Waals surface area contributed by atoms with Crippen molar-refractivity contribution in [1.82, 2.24) is 5.01 Å². The molecule has 0 aliphatic heterocycles. The molecule has 0 aliphatic rings. The predicted molar refractivity (Wildman–Crippen MR) is 84.5 cm³/mol. The fourth-order valence-electron chi connectivity index (χ4n) is 2.25. The van der Waals surface area contributed by atoms with Crippen LogP contribution in [0.1, 0.15) is 19.4 Å². The molecule has 0 fully saturated rings. The van der Waals surface area contributed by atoms with E-state index in [0.717, 1.165) is 12.2 Å². The highest BCUT2D eigenvalue weighted by Gasteiger charge is 2.24. The lowest BCUT2D eigenvalue weighted by molar-refractivity contribution is -0.862. The molecule has 0 N–H and O–H groups in total. The minimum absolute atomic E-state index is 0.156. The molecule has 0 spiro atoms. The van der Waals surface area contributed by atoms with E-state index in [2.05, 4.69) is 37.1 Å². The first-order valence-electron chi connectivity index (χ1n) is 7.23. The quantitative estimate of drug-likeness (QED) is 0.589. The predicted octanol–water partition coefficient (Wildman–Crippen LogP) is 2.29. The number of hydrogen-bond acceptors (Lipinski definition) is 2. The van der Waals surface area contributed by atoms with Gasteiger partial charge in [-0.1, -0.05) is 12.1 Å². The Labute approximate surface area is 123 Å². The first-order chi connectivity index (χ1) is 9.28. The summed E-state index contributed by atoms with van der Waals surface area (Å²) in [5.41, 5.74) is 2.28. The van der Waals surface area contributed by atoms with Gasteiger partial charge in [0.15, 0.2) is 6.54 Å². The van der Waals surface area contributed by atoms with E-state index in [1.54, 1.807) is 0 Å². The van der Waals surface area contributed by atoms with Crippen LogP contribution >= 0.6 is 0 Å². The number of quaternary nitrogens is 1. The van der Waals surface area contributed by atoms with Crippen molar-refractivity contribution in [3.63, 3.8) is 0 Å². The van der Waals surface area contributed by atoms with Crippen molar-refractivity contribution >= 4 is 11.6 Å². The molecule has 1 amide bonds. The number of aryl methyl sites for hydroxylation is 1. The van der Waals surface area contributed by atoms with Crippen molar-refractivity contribution in [2.45, 2.75) is 20.8 Å². The summed E-state index contributed by atoms with van der Waals surface area (Å²) in [4.78, 5) is 12.5. The van der Waals surface area contributed by atoms with E-state index in [0.29, 0.717) is 17.6 Å². The lowest BCUT2D eigenvalue weighted by Crippen LogP contribution is -2.52. The highest BCUT2D eigenvalue weighted by atomic mass is 16.2. The fraction of sp³-hybridized carbons (Fsp3) is 0.562. The molecule has 0 heterocycles. The van der Waals surface area contributed by atoms with Gasteiger partial charge < -0.3 is 4.48 Å². The van der Waals surface area contributed by atoms with Crippen LogP contribution in [-0.2, 0) is 4.79 Å². The fourth-order valence-corrected chi connectivity index (χ4v) is 2.25. The van der Waals surface area contributed by atoms with Crippen molar-refractivity contribution in [2.75, 3.05) is 45.8 Å². The molecule has 1 rings (SSSR count). The summed E-state index contributed by atoms with van der Waals surface area (Å²) < 4.78 is 0.640. The van der Waals surface area contributed by atoms with Crippen LogP contribution in [0, 0.1) is 6.92 Å². The van der Waals surface area contributed by atoms with E-state index in [1.807, 2.05) is 39.1 Å². The van der Waals surface area contributed by atoms with Crippen molar-refractivity contribution in [3.8, 4) is 0 Å². The van der Waals surface area contributed by atoms with Gasteiger partial charge in [0.1, 0.15) is 0 Å². The number of hydrazine groups is 1. The maximum absolute atomic E-state index is 12.5. The number of hydrogen-bond donors (Lipinski definition) is 0. The molecule has 0 aromatic heterocycles. The third-order valence-electron chi connectivity index (χ3n) is 3.09. The van der Waals surface area contributed by atoms with Crippen molar-refractivity contribution < 1.29 is 9.28 Å². The van der Waals surface area contributed by atoms with Crippen molar-refractivity contribution in [2.24, 2.45) is 0 Å². The molecule has 4 nitrogen and oxygen atoms in total. The molecule has 112 valence electrons. The highest BCUT2D eigenvalue weighted by molar-refractivity contribution is 5.79. The SMILES string of the molecule is CCN(C(=O)C[N+](C)(C)C)N(CC)c1cccc(C)c1. The second-order valence-corrected chi connectivity index (χ2v) is 6.11. The molecular formula is C16H28N3O+. The van der Waals surface area contributed by atoms with Gasteiger partial charge in [0.2, 0.25) is 0 Å². The van der Waals surface area contributed by atoms with E-state index < -0.39 is 0 Å². The van der Waals surface area contributed by atoms with Gasteiger partial charge in [0.05, 0.1) is 26.8 Å². The summed E-state index contributed by atoms with van der Waals surface area (Å²) in [7, 11) is 6.11. The molecule has 0 saturated heterocycles. The monoisotopic (exact) mass is 278 g/mol. The van der Waals surface area contributed by atoms with Gasteiger partial charge in [0, 0.05) is 13.1 Å². The van der Waals surface area contributed by atoms with Crippen LogP contribution in [0.2, 0.25) is 0 Å². The zero-order chi connectivity index (χ0) is 15.3. The second-order valence-electron chi connectivity index (χ2n) is 6.11. The van der Waals surface area contributed by atoms with E-state index in [-0.39, 0.29) is 5.91 Å². The number of likely N-dealkylation sites (N-methyl/N-ethyl adjacent to an activating group) is 2. The molecule has 0 aliphatic carbocycles. The molecule has 0 bridgehead atoms. The summed E-state index contributed by atoms with van der Waals surface area (Å²) in [5.74, 6) is 0.156. The van der Waals surface area contributed by atoms with Gasteiger partial charge in [-0.25, -0.2) is 5.01 Å². The average Bonchev–Trinajstić information content (AvgIpc) is 2.33. The molecule has 0 radical (unpaired) electrons. The largest absolute Gasteiger partial charge is 0.323 e. The topological polar surface area (TPSA) is 23.6 Å². The zero-order valence-corrected chi connectivity index (χ0v) is 13.7. The second kappa shape index (κ2) is 6.75. The molecule has 0 saturated carbocycles. The molecule has 4 heteroatoms. The normalized spacial score (nSPS) is 11.3. The van der Waals surface area contributed by atoms with E-state index >= 15 is 0 Å². The number of carbonyl (C=O) groups excluding carboxylic acids is 1. The number of anilines is 1. The van der Waals surface area contributed by atoms with E-state index in [9.17, 15) is 4.79 Å². The summed E-state index contributed by atoms with van der Waals surface area (Å²) in [5, 5.41) is 3.91.